The molecule has 0 aliphatic heterocycles. The number of benzene rings is 1. The molecule has 0 atom stereocenters. The lowest BCUT2D eigenvalue weighted by atomic mass is 10.1. The van der Waals surface area contributed by atoms with Gasteiger partial charge in [0.1, 0.15) is 5.75 Å². The molecule has 0 amide bonds. The Morgan fingerprint density at radius 2 is 2.07 bits per heavy atom. The third-order valence-electron chi connectivity index (χ3n) is 4.07. The number of carbonyl (C=O) groups is 1. The summed E-state index contributed by atoms with van der Waals surface area (Å²) in [5.74, 6) is 0.476. The topological polar surface area (TPSA) is 80.5 Å². The number of methoxy groups -OCH3 is 1. The molecule has 0 radical (unpaired) electrons. The molecule has 0 bridgehead atoms. The Morgan fingerprint density at radius 3 is 2.63 bits per heavy atom. The monoisotopic (exact) mass is 388 g/mol. The van der Waals surface area contributed by atoms with Crippen LogP contribution >= 0.6 is 11.3 Å². The number of carbonyl (C=O) groups excluding carboxylic acids is 1. The lowest BCUT2D eigenvalue weighted by Crippen LogP contribution is -2.22. The van der Waals surface area contributed by atoms with E-state index in [0.717, 1.165) is 29.6 Å². The first-order valence-corrected chi connectivity index (χ1v) is 9.94. The number of ketones is 1. The van der Waals surface area contributed by atoms with Gasteiger partial charge >= 0.3 is 0 Å². The standard InChI is InChI=1S/C20H28N4O2S/c1-6-24(7-2)18(17-12-27-20(23-17)22-13(3)4)11-19(25)15-9-8-14(26-5)10-16(15)21/h8-13H,6-7,21H2,1-5H3,(H,22,23)/b18-11+. The number of aromatic nitrogens is 1. The van der Waals surface area contributed by atoms with Crippen LogP contribution in [0.5, 0.6) is 5.75 Å². The molecule has 3 N–H and O–H groups in total. The molecule has 0 fully saturated rings. The molecular formula is C20H28N4O2S. The molecule has 146 valence electrons. The predicted molar refractivity (Wildman–Crippen MR) is 114 cm³/mol. The van der Waals surface area contributed by atoms with Gasteiger partial charge in [-0.25, -0.2) is 4.98 Å². The highest BCUT2D eigenvalue weighted by Gasteiger charge is 2.17. The zero-order valence-electron chi connectivity index (χ0n) is 16.6. The van der Waals surface area contributed by atoms with Crippen LogP contribution in [0.4, 0.5) is 10.8 Å². The molecule has 0 saturated carbocycles. The van der Waals surface area contributed by atoms with Crippen molar-refractivity contribution in [3.63, 3.8) is 0 Å². The summed E-state index contributed by atoms with van der Waals surface area (Å²) in [4.78, 5) is 19.7. The van der Waals surface area contributed by atoms with Gasteiger partial charge in [-0.1, -0.05) is 0 Å². The molecule has 6 nitrogen and oxygen atoms in total. The number of anilines is 2. The zero-order valence-corrected chi connectivity index (χ0v) is 17.4. The summed E-state index contributed by atoms with van der Waals surface area (Å²) < 4.78 is 5.16. The second-order valence-corrected chi connectivity index (χ2v) is 7.21. The summed E-state index contributed by atoms with van der Waals surface area (Å²) in [6, 6.07) is 5.39. The van der Waals surface area contributed by atoms with Crippen LogP contribution in [-0.4, -0.2) is 41.9 Å². The molecule has 1 aromatic heterocycles. The number of nitrogens with one attached hydrogen (secondary N) is 1. The molecule has 0 unspecified atom stereocenters. The van der Waals surface area contributed by atoms with Crippen LogP contribution in [0, 0.1) is 0 Å². The highest BCUT2D eigenvalue weighted by molar-refractivity contribution is 7.13. The second-order valence-electron chi connectivity index (χ2n) is 6.36. The van der Waals surface area contributed by atoms with Crippen molar-refractivity contribution in [2.45, 2.75) is 33.7 Å². The maximum atomic E-state index is 12.9. The summed E-state index contributed by atoms with van der Waals surface area (Å²) in [5.41, 5.74) is 8.48. The van der Waals surface area contributed by atoms with Gasteiger partial charge in [0.05, 0.1) is 18.5 Å². The Bertz CT molecular complexity index is 810. The Kier molecular flexibility index (Phi) is 7.24. The average Bonchev–Trinajstić information content (AvgIpc) is 3.08. The summed E-state index contributed by atoms with van der Waals surface area (Å²) >= 11 is 1.53. The maximum absolute atomic E-state index is 12.9. The minimum atomic E-state index is -0.150. The van der Waals surface area contributed by atoms with Crippen LogP contribution in [-0.2, 0) is 0 Å². The molecule has 7 heteroatoms. The maximum Gasteiger partial charge on any atom is 0.190 e. The van der Waals surface area contributed by atoms with Crippen molar-refractivity contribution in [1.29, 1.82) is 0 Å². The van der Waals surface area contributed by atoms with E-state index >= 15 is 0 Å². The van der Waals surface area contributed by atoms with Crippen LogP contribution in [0.25, 0.3) is 5.70 Å². The Labute approximate surface area is 165 Å². The van der Waals surface area contributed by atoms with Crippen LogP contribution in [0.2, 0.25) is 0 Å². The molecule has 0 aliphatic carbocycles. The van der Waals surface area contributed by atoms with E-state index in [0.29, 0.717) is 23.0 Å². The number of nitrogens with zero attached hydrogens (tertiary/aromatic N) is 2. The SMILES string of the molecule is CCN(CC)/C(=C/C(=O)c1ccc(OC)cc1N)c1csc(NC(C)C)n1. The largest absolute Gasteiger partial charge is 0.497 e. The smallest absolute Gasteiger partial charge is 0.190 e. The molecule has 0 aliphatic rings. The molecule has 2 rings (SSSR count). The van der Waals surface area contributed by atoms with Crippen LogP contribution in [0.15, 0.2) is 29.7 Å². The van der Waals surface area contributed by atoms with Crippen molar-refractivity contribution >= 4 is 33.6 Å². The van der Waals surface area contributed by atoms with Gasteiger partial charge in [0.2, 0.25) is 0 Å². The van der Waals surface area contributed by atoms with Gasteiger partial charge < -0.3 is 20.7 Å². The third kappa shape index (κ3) is 5.23. The van der Waals surface area contributed by atoms with Gasteiger partial charge in [-0.05, 0) is 39.8 Å². The third-order valence-corrected chi connectivity index (χ3v) is 4.85. The summed E-state index contributed by atoms with van der Waals surface area (Å²) in [7, 11) is 1.57. The van der Waals surface area contributed by atoms with Crippen LogP contribution in [0.1, 0.15) is 43.7 Å². The highest BCUT2D eigenvalue weighted by Crippen LogP contribution is 2.27. The van der Waals surface area contributed by atoms with E-state index < -0.39 is 0 Å². The lowest BCUT2D eigenvalue weighted by molar-refractivity contribution is 0.104. The number of hydrogen-bond acceptors (Lipinski definition) is 7. The van der Waals surface area contributed by atoms with E-state index in [1.807, 2.05) is 5.38 Å². The Hall–Kier alpha value is -2.54. The Balaban J connectivity index is 2.41. The van der Waals surface area contributed by atoms with Crippen molar-refractivity contribution < 1.29 is 9.53 Å². The van der Waals surface area contributed by atoms with E-state index in [9.17, 15) is 4.79 Å². The van der Waals surface area contributed by atoms with Gasteiger partial charge in [-0.2, -0.15) is 0 Å². The highest BCUT2D eigenvalue weighted by atomic mass is 32.1. The number of rotatable bonds is 9. The van der Waals surface area contributed by atoms with Gasteiger partial charge in [-0.15, -0.1) is 11.3 Å². The van der Waals surface area contributed by atoms with E-state index in [1.165, 1.54) is 11.3 Å². The van der Waals surface area contributed by atoms with Crippen molar-refractivity contribution in [2.24, 2.45) is 0 Å². The van der Waals surface area contributed by atoms with Gasteiger partial charge in [0, 0.05) is 47.9 Å². The number of hydrogen-bond donors (Lipinski definition) is 2. The number of nitrogen functional groups attached to an aromatic ring is 1. The van der Waals surface area contributed by atoms with Crippen molar-refractivity contribution in [1.82, 2.24) is 9.88 Å². The molecule has 0 spiro atoms. The first kappa shape index (κ1) is 20.8. The summed E-state index contributed by atoms with van der Waals surface area (Å²) in [5, 5.41) is 6.12. The van der Waals surface area contributed by atoms with E-state index in [1.54, 1.807) is 31.4 Å². The fraction of sp³-hybridized carbons (Fsp3) is 0.400. The van der Waals surface area contributed by atoms with E-state index in [2.05, 4.69) is 42.9 Å². The minimum absolute atomic E-state index is 0.150. The van der Waals surface area contributed by atoms with E-state index in [-0.39, 0.29) is 5.78 Å². The molecule has 2 aromatic rings. The fourth-order valence-electron chi connectivity index (χ4n) is 2.69. The normalized spacial score (nSPS) is 11.6. The van der Waals surface area contributed by atoms with Crippen LogP contribution < -0.4 is 15.8 Å². The first-order chi connectivity index (χ1) is 12.9. The number of ether oxygens (including phenoxy) is 1. The van der Waals surface area contributed by atoms with E-state index in [4.69, 9.17) is 10.5 Å². The molecule has 27 heavy (non-hydrogen) atoms. The zero-order chi connectivity index (χ0) is 20.0. The average molecular weight is 389 g/mol. The van der Waals surface area contributed by atoms with Crippen LogP contribution in [0.3, 0.4) is 0 Å². The second kappa shape index (κ2) is 9.41. The molecule has 0 saturated heterocycles. The Morgan fingerprint density at radius 1 is 1.37 bits per heavy atom. The summed E-state index contributed by atoms with van der Waals surface area (Å²) in [6.07, 6.45) is 1.62. The first-order valence-electron chi connectivity index (χ1n) is 9.06. The molecule has 1 heterocycles. The fourth-order valence-corrected chi connectivity index (χ4v) is 3.54. The number of nitrogens with two attached hydrogens (primary N) is 1. The molecular weight excluding hydrogens is 360 g/mol. The van der Waals surface area contributed by atoms with Gasteiger partial charge in [0.15, 0.2) is 10.9 Å². The number of allylic oxidation sites excluding steroid dienone is 1. The summed E-state index contributed by atoms with van der Waals surface area (Å²) in [6.45, 7) is 9.80. The quantitative estimate of drug-likeness (QED) is 0.382. The van der Waals surface area contributed by atoms with Gasteiger partial charge in [-0.3, -0.25) is 4.79 Å². The van der Waals surface area contributed by atoms with Crippen molar-refractivity contribution in [3.05, 3.63) is 40.9 Å². The van der Waals surface area contributed by atoms with Crippen molar-refractivity contribution in [3.8, 4) is 5.75 Å². The minimum Gasteiger partial charge on any atom is -0.497 e. The number of thiazole rings is 1. The van der Waals surface area contributed by atoms with Gasteiger partial charge in [0.25, 0.3) is 0 Å². The predicted octanol–water partition coefficient (Wildman–Crippen LogP) is 4.12. The lowest BCUT2D eigenvalue weighted by Gasteiger charge is -2.23. The van der Waals surface area contributed by atoms with Crippen molar-refractivity contribution in [2.75, 3.05) is 31.2 Å². The molecule has 1 aromatic carbocycles.